The third-order valence-corrected chi connectivity index (χ3v) is 4.87. The molecule has 0 fully saturated rings. The number of hydrogen-bond acceptors (Lipinski definition) is 2. The molecule has 4 nitrogen and oxygen atoms in total. The molecule has 0 heterocycles. The quantitative estimate of drug-likeness (QED) is 0.170. The summed E-state index contributed by atoms with van der Waals surface area (Å²) in [7, 11) is 0. The molecule has 0 aliphatic heterocycles. The number of unbranched alkanes of at least 4 members (excludes halogenated alkanes) is 15. The van der Waals surface area contributed by atoms with Crippen molar-refractivity contribution in [3.63, 3.8) is 0 Å². The first-order valence-electron chi connectivity index (χ1n) is 10.7. The molecule has 0 aromatic rings. The van der Waals surface area contributed by atoms with Crippen molar-refractivity contribution in [2.45, 2.75) is 116 Å². The molecule has 0 unspecified atom stereocenters. The van der Waals surface area contributed by atoms with Crippen molar-refractivity contribution in [2.75, 3.05) is 0 Å². The molecule has 0 radical (unpaired) electrons. The van der Waals surface area contributed by atoms with E-state index < -0.39 is 11.9 Å². The van der Waals surface area contributed by atoms with E-state index in [0.29, 0.717) is 6.42 Å². The lowest BCUT2D eigenvalue weighted by Gasteiger charge is -2.04. The summed E-state index contributed by atoms with van der Waals surface area (Å²) in [6, 6.07) is 0. The second kappa shape index (κ2) is 21.5. The molecule has 0 aromatic heterocycles. The molecule has 2 N–H and O–H groups in total. The lowest BCUT2D eigenvalue weighted by Crippen LogP contribution is -2.04. The maximum Gasteiger partial charge on any atom is 0.331 e. The molecular weight excluding hydrogens is 355 g/mol. The van der Waals surface area contributed by atoms with Gasteiger partial charge in [-0.3, -0.25) is 0 Å². The van der Waals surface area contributed by atoms with Crippen molar-refractivity contribution in [3.8, 4) is 0 Å². The van der Waals surface area contributed by atoms with E-state index in [4.69, 9.17) is 10.2 Å². The predicted octanol–water partition coefficient (Wildman–Crippen LogP) is 5.55. The number of carbonyl (C=O) groups is 2. The fourth-order valence-electron chi connectivity index (χ4n) is 3.25. The molecule has 0 bridgehead atoms. The number of rotatable bonds is 19. The van der Waals surface area contributed by atoms with Crippen LogP contribution in [0, 0.1) is 0 Å². The number of aliphatic carboxylic acids is 2. The molecular formula is C22H43AlO4. The first-order valence-corrected chi connectivity index (χ1v) is 10.7. The zero-order valence-electron chi connectivity index (χ0n) is 16.8. The summed E-state index contributed by atoms with van der Waals surface area (Å²) in [6.45, 7) is 2.26. The number of carboxylic acids is 2. The van der Waals surface area contributed by atoms with Gasteiger partial charge in [0.1, 0.15) is 0 Å². The predicted molar refractivity (Wildman–Crippen MR) is 117 cm³/mol. The van der Waals surface area contributed by atoms with Crippen molar-refractivity contribution < 1.29 is 19.8 Å². The standard InChI is InChI=1S/C22H40O4.Al.3H/c1-2-3-4-5-6-7-8-9-10-11-12-13-14-15-16-17-18-20(22(25)26)19-21(23)24;;;;/h19H,2-18H2,1H3,(H,23,24)(H,25,26);;;;/b20-19+;;;;. The molecule has 158 valence electrons. The van der Waals surface area contributed by atoms with Crippen molar-refractivity contribution in [2.24, 2.45) is 0 Å². The van der Waals surface area contributed by atoms with E-state index in [9.17, 15) is 9.59 Å². The van der Waals surface area contributed by atoms with Gasteiger partial charge in [0, 0.05) is 11.6 Å². The second-order valence-electron chi connectivity index (χ2n) is 7.37. The Labute approximate surface area is 176 Å². The fourth-order valence-corrected chi connectivity index (χ4v) is 3.25. The van der Waals surface area contributed by atoms with Gasteiger partial charge in [0.05, 0.1) is 0 Å². The van der Waals surface area contributed by atoms with Crippen LogP contribution in [0.25, 0.3) is 0 Å². The number of carboxylic acid groups (broad SMARTS) is 2. The van der Waals surface area contributed by atoms with E-state index in [2.05, 4.69) is 6.92 Å². The highest BCUT2D eigenvalue weighted by molar-refractivity contribution is 5.94. The fraction of sp³-hybridized carbons (Fsp3) is 0.818. The van der Waals surface area contributed by atoms with E-state index in [0.717, 1.165) is 25.3 Å². The zero-order chi connectivity index (χ0) is 19.5. The Bertz CT molecular complexity index is 394. The topological polar surface area (TPSA) is 74.6 Å². The SMILES string of the molecule is CCCCCCCCCCCCCCCCCC/C(=C\C(=O)O)C(=O)O.[AlH3]. The minimum absolute atomic E-state index is 0. The molecule has 0 amide bonds. The van der Waals surface area contributed by atoms with Crippen molar-refractivity contribution in [3.05, 3.63) is 11.6 Å². The van der Waals surface area contributed by atoms with Crippen molar-refractivity contribution in [1.29, 1.82) is 0 Å². The number of hydrogen-bond donors (Lipinski definition) is 2. The Balaban J connectivity index is 0. The second-order valence-corrected chi connectivity index (χ2v) is 7.37. The van der Waals surface area contributed by atoms with Crippen molar-refractivity contribution in [1.82, 2.24) is 0 Å². The molecule has 27 heavy (non-hydrogen) atoms. The van der Waals surface area contributed by atoms with Gasteiger partial charge in [-0.2, -0.15) is 0 Å². The van der Waals surface area contributed by atoms with Gasteiger partial charge in [-0.05, 0) is 12.8 Å². The normalized spacial score (nSPS) is 11.2. The van der Waals surface area contributed by atoms with Crippen LogP contribution < -0.4 is 0 Å². The van der Waals surface area contributed by atoms with Crippen LogP contribution in [-0.4, -0.2) is 39.5 Å². The summed E-state index contributed by atoms with van der Waals surface area (Å²) >= 11 is 0. The van der Waals surface area contributed by atoms with E-state index in [1.165, 1.54) is 83.5 Å². The van der Waals surface area contributed by atoms with Crippen molar-refractivity contribution >= 4 is 29.3 Å². The van der Waals surface area contributed by atoms with Crippen LogP contribution in [0.1, 0.15) is 116 Å². The third kappa shape index (κ3) is 21.4. The molecule has 0 atom stereocenters. The maximum atomic E-state index is 10.9. The third-order valence-electron chi connectivity index (χ3n) is 4.87. The molecule has 0 aliphatic rings. The molecule has 0 rings (SSSR count). The van der Waals surface area contributed by atoms with Crippen LogP contribution in [0.4, 0.5) is 0 Å². The molecule has 5 heteroatoms. The Morgan fingerprint density at radius 2 is 0.963 bits per heavy atom. The van der Waals surface area contributed by atoms with Crippen LogP contribution in [0.5, 0.6) is 0 Å². The summed E-state index contributed by atoms with van der Waals surface area (Å²) in [5, 5.41) is 17.5. The average Bonchev–Trinajstić information content (AvgIpc) is 2.59. The van der Waals surface area contributed by atoms with Gasteiger partial charge in [-0.15, -0.1) is 0 Å². The highest BCUT2D eigenvalue weighted by Gasteiger charge is 2.08. The van der Waals surface area contributed by atoms with E-state index >= 15 is 0 Å². The van der Waals surface area contributed by atoms with Gasteiger partial charge in [-0.1, -0.05) is 103 Å². The molecule has 0 spiro atoms. The van der Waals surface area contributed by atoms with Gasteiger partial charge < -0.3 is 10.2 Å². The van der Waals surface area contributed by atoms with Gasteiger partial charge >= 0.3 is 11.9 Å². The van der Waals surface area contributed by atoms with E-state index in [1.807, 2.05) is 0 Å². The molecule has 0 aliphatic carbocycles. The Morgan fingerprint density at radius 3 is 1.26 bits per heavy atom. The summed E-state index contributed by atoms with van der Waals surface area (Å²) in [5.74, 6) is -2.30. The van der Waals surface area contributed by atoms with E-state index in [1.54, 1.807) is 0 Å². The van der Waals surface area contributed by atoms with Gasteiger partial charge in [-0.25, -0.2) is 9.59 Å². The monoisotopic (exact) mass is 398 g/mol. The smallest absolute Gasteiger partial charge is 0.331 e. The minimum Gasteiger partial charge on any atom is -0.478 e. The first kappa shape index (κ1) is 28.4. The molecule has 0 aromatic carbocycles. The summed E-state index contributed by atoms with van der Waals surface area (Å²) in [4.78, 5) is 21.4. The van der Waals surface area contributed by atoms with Crippen LogP contribution in [-0.2, 0) is 9.59 Å². The highest BCUT2D eigenvalue weighted by Crippen LogP contribution is 2.15. The largest absolute Gasteiger partial charge is 0.478 e. The molecule has 0 saturated carbocycles. The van der Waals surface area contributed by atoms with Gasteiger partial charge in [0.15, 0.2) is 17.4 Å². The van der Waals surface area contributed by atoms with Crippen LogP contribution >= 0.6 is 0 Å². The van der Waals surface area contributed by atoms with Crippen LogP contribution in [0.3, 0.4) is 0 Å². The lowest BCUT2D eigenvalue weighted by atomic mass is 10.0. The summed E-state index contributed by atoms with van der Waals surface area (Å²) in [5.41, 5.74) is 0.00265. The average molecular weight is 399 g/mol. The summed E-state index contributed by atoms with van der Waals surface area (Å²) in [6.07, 6.45) is 21.6. The highest BCUT2D eigenvalue weighted by atomic mass is 27.0. The minimum atomic E-state index is -1.18. The Kier molecular flexibility index (Phi) is 22.6. The maximum absolute atomic E-state index is 10.9. The molecule has 0 saturated heterocycles. The van der Waals surface area contributed by atoms with Crippen LogP contribution in [0.2, 0.25) is 0 Å². The Hall–Kier alpha value is -0.788. The van der Waals surface area contributed by atoms with E-state index in [-0.39, 0.29) is 22.9 Å². The lowest BCUT2D eigenvalue weighted by molar-refractivity contribution is -0.135. The van der Waals surface area contributed by atoms with Gasteiger partial charge in [0.25, 0.3) is 0 Å². The summed E-state index contributed by atoms with van der Waals surface area (Å²) < 4.78 is 0. The Morgan fingerprint density at radius 1 is 0.630 bits per heavy atom. The van der Waals surface area contributed by atoms with Gasteiger partial charge in [0.2, 0.25) is 0 Å². The zero-order valence-corrected chi connectivity index (χ0v) is 16.8. The van der Waals surface area contributed by atoms with Crippen LogP contribution in [0.15, 0.2) is 11.6 Å². The first-order chi connectivity index (χ1) is 12.6.